The summed E-state index contributed by atoms with van der Waals surface area (Å²) in [5, 5.41) is 0. The molecular formula is C13H18BrNO2. The van der Waals surface area contributed by atoms with Gasteiger partial charge in [0, 0.05) is 11.6 Å². The molecule has 1 aliphatic carbocycles. The summed E-state index contributed by atoms with van der Waals surface area (Å²) in [5.74, 6) is 0.719. The summed E-state index contributed by atoms with van der Waals surface area (Å²) in [4.78, 5) is 13.5. The second-order valence-electron chi connectivity index (χ2n) is 4.21. The van der Waals surface area contributed by atoms with Gasteiger partial charge in [0.25, 0.3) is 6.47 Å². The maximum absolute atomic E-state index is 8.95. The van der Waals surface area contributed by atoms with E-state index in [4.69, 9.17) is 4.79 Å². The number of carbonyl (C=O) groups excluding carboxylic acids is 1. The van der Waals surface area contributed by atoms with E-state index in [9.17, 15) is 0 Å². The van der Waals surface area contributed by atoms with Gasteiger partial charge in [0.15, 0.2) is 0 Å². The molecule has 0 radical (unpaired) electrons. The molecule has 1 saturated carbocycles. The number of methoxy groups -OCH3 is 1. The number of carbonyl (C=O) groups is 1. The average molecular weight is 300 g/mol. The minimum Gasteiger partial charge on any atom is -0.471 e. The van der Waals surface area contributed by atoms with Crippen LogP contribution in [0.3, 0.4) is 0 Å². The Morgan fingerprint density at radius 3 is 2.47 bits per heavy atom. The number of halogens is 1. The lowest BCUT2D eigenvalue weighted by atomic mass is 10.0. The lowest BCUT2D eigenvalue weighted by Crippen LogP contribution is -1.97. The van der Waals surface area contributed by atoms with Crippen molar-refractivity contribution in [2.45, 2.75) is 38.5 Å². The summed E-state index contributed by atoms with van der Waals surface area (Å²) in [6.07, 6.45) is 5.39. The van der Waals surface area contributed by atoms with Crippen molar-refractivity contribution in [2.24, 2.45) is 0 Å². The van der Waals surface area contributed by atoms with E-state index in [2.05, 4.69) is 44.7 Å². The molecule has 0 spiro atoms. The number of aromatic nitrogens is 1. The molecule has 17 heavy (non-hydrogen) atoms. The lowest BCUT2D eigenvalue weighted by Gasteiger charge is -2.09. The van der Waals surface area contributed by atoms with Gasteiger partial charge in [-0.2, -0.15) is 0 Å². The van der Waals surface area contributed by atoms with Gasteiger partial charge >= 0.3 is 0 Å². The molecule has 0 aliphatic heterocycles. The van der Waals surface area contributed by atoms with E-state index in [1.807, 2.05) is 0 Å². The molecule has 0 saturated heterocycles. The molecule has 0 N–H and O–H groups in total. The molecule has 2 rings (SSSR count). The van der Waals surface area contributed by atoms with Crippen LogP contribution >= 0.6 is 15.9 Å². The number of aryl methyl sites for hydroxylation is 1. The van der Waals surface area contributed by atoms with Gasteiger partial charge in [-0.3, -0.25) is 4.79 Å². The number of hydrogen-bond donors (Lipinski definition) is 0. The topological polar surface area (TPSA) is 39.2 Å². The zero-order chi connectivity index (χ0) is 12.7. The van der Waals surface area contributed by atoms with Crippen LogP contribution in [0.25, 0.3) is 0 Å². The van der Waals surface area contributed by atoms with Crippen molar-refractivity contribution >= 4 is 22.4 Å². The lowest BCUT2D eigenvalue weighted by molar-refractivity contribution is -0.126. The quantitative estimate of drug-likeness (QED) is 0.619. The largest absolute Gasteiger partial charge is 0.471 e. The first-order valence-electron chi connectivity index (χ1n) is 5.78. The molecule has 0 bridgehead atoms. The van der Waals surface area contributed by atoms with Crippen molar-refractivity contribution in [1.29, 1.82) is 0 Å². The number of hydrogen-bond acceptors (Lipinski definition) is 3. The third kappa shape index (κ3) is 4.86. The Morgan fingerprint density at radius 1 is 1.41 bits per heavy atom. The molecule has 1 aliphatic rings. The molecule has 0 unspecified atom stereocenters. The maximum atomic E-state index is 8.95. The van der Waals surface area contributed by atoms with E-state index in [0.29, 0.717) is 6.47 Å². The van der Waals surface area contributed by atoms with Gasteiger partial charge in [-0.1, -0.05) is 12.8 Å². The second-order valence-corrected chi connectivity index (χ2v) is 5.02. The monoisotopic (exact) mass is 299 g/mol. The van der Waals surface area contributed by atoms with E-state index in [1.165, 1.54) is 44.1 Å². The number of nitrogens with zero attached hydrogens (tertiary/aromatic N) is 1. The Labute approximate surface area is 111 Å². The van der Waals surface area contributed by atoms with Crippen LogP contribution in [0.5, 0.6) is 0 Å². The normalized spacial score (nSPS) is 15.0. The number of ether oxygens (including phenoxy) is 1. The van der Waals surface area contributed by atoms with Crippen molar-refractivity contribution in [1.82, 2.24) is 4.98 Å². The highest BCUT2D eigenvalue weighted by Crippen LogP contribution is 2.33. The predicted molar refractivity (Wildman–Crippen MR) is 71.0 cm³/mol. The molecule has 94 valence electrons. The van der Waals surface area contributed by atoms with Crippen LogP contribution in [0.1, 0.15) is 42.9 Å². The summed E-state index contributed by atoms with van der Waals surface area (Å²) in [5.41, 5.74) is 2.59. The van der Waals surface area contributed by atoms with Crippen LogP contribution in [-0.4, -0.2) is 18.6 Å². The smallest absolute Gasteiger partial charge is 0.292 e. The minimum atomic E-state index is 0.375. The summed E-state index contributed by atoms with van der Waals surface area (Å²) in [7, 11) is 1.31. The summed E-state index contributed by atoms with van der Waals surface area (Å²) in [6.45, 7) is 2.50. The van der Waals surface area contributed by atoms with Gasteiger partial charge in [-0.15, -0.1) is 0 Å². The van der Waals surface area contributed by atoms with Gasteiger partial charge in [0.1, 0.15) is 4.60 Å². The van der Waals surface area contributed by atoms with Gasteiger partial charge in [0.2, 0.25) is 0 Å². The highest BCUT2D eigenvalue weighted by molar-refractivity contribution is 9.10. The van der Waals surface area contributed by atoms with Crippen molar-refractivity contribution < 1.29 is 9.53 Å². The van der Waals surface area contributed by atoms with E-state index >= 15 is 0 Å². The number of rotatable bonds is 2. The van der Waals surface area contributed by atoms with Crippen molar-refractivity contribution in [2.75, 3.05) is 7.11 Å². The van der Waals surface area contributed by atoms with Crippen LogP contribution in [0.4, 0.5) is 0 Å². The molecule has 3 nitrogen and oxygen atoms in total. The average Bonchev–Trinajstić information content (AvgIpc) is 2.81. The predicted octanol–water partition coefficient (Wildman–Crippen LogP) is 3.60. The minimum absolute atomic E-state index is 0.375. The van der Waals surface area contributed by atoms with E-state index in [0.717, 1.165) is 10.5 Å². The Hall–Kier alpha value is -0.900. The first-order chi connectivity index (χ1) is 8.17. The molecule has 0 aromatic carbocycles. The fraction of sp³-hybridized carbons (Fsp3) is 0.538. The van der Waals surface area contributed by atoms with Gasteiger partial charge in [-0.25, -0.2) is 4.98 Å². The first kappa shape index (κ1) is 14.2. The molecule has 1 heterocycles. The van der Waals surface area contributed by atoms with Gasteiger partial charge in [-0.05, 0) is 53.4 Å². The van der Waals surface area contributed by atoms with Gasteiger partial charge < -0.3 is 4.74 Å². The Bertz CT molecular complexity index is 342. The van der Waals surface area contributed by atoms with Gasteiger partial charge in [0.05, 0.1) is 7.11 Å². The zero-order valence-electron chi connectivity index (χ0n) is 10.3. The molecule has 4 heteroatoms. The highest BCUT2D eigenvalue weighted by Gasteiger charge is 2.18. The summed E-state index contributed by atoms with van der Waals surface area (Å²) < 4.78 is 4.84. The summed E-state index contributed by atoms with van der Waals surface area (Å²) in [6, 6.07) is 4.29. The third-order valence-electron chi connectivity index (χ3n) is 2.83. The van der Waals surface area contributed by atoms with Crippen LogP contribution in [0.15, 0.2) is 16.7 Å². The molecule has 1 aromatic rings. The maximum Gasteiger partial charge on any atom is 0.292 e. The van der Waals surface area contributed by atoms with E-state index in [1.54, 1.807) is 0 Å². The Morgan fingerprint density at radius 2 is 2.00 bits per heavy atom. The fourth-order valence-corrected chi connectivity index (χ4v) is 2.65. The highest BCUT2D eigenvalue weighted by atomic mass is 79.9. The fourth-order valence-electron chi connectivity index (χ4n) is 2.08. The van der Waals surface area contributed by atoms with Crippen molar-refractivity contribution in [3.63, 3.8) is 0 Å². The van der Waals surface area contributed by atoms with Crippen molar-refractivity contribution in [3.8, 4) is 0 Å². The molecular weight excluding hydrogens is 282 g/mol. The van der Waals surface area contributed by atoms with E-state index < -0.39 is 0 Å². The van der Waals surface area contributed by atoms with Crippen LogP contribution in [0, 0.1) is 6.92 Å². The Balaban J connectivity index is 0.000000317. The second kappa shape index (κ2) is 7.43. The first-order valence-corrected chi connectivity index (χ1v) is 6.57. The Kier molecular flexibility index (Phi) is 6.19. The third-order valence-corrected chi connectivity index (χ3v) is 3.23. The zero-order valence-corrected chi connectivity index (χ0v) is 11.9. The van der Waals surface area contributed by atoms with E-state index in [-0.39, 0.29) is 0 Å². The van der Waals surface area contributed by atoms with Crippen molar-refractivity contribution in [3.05, 3.63) is 28.0 Å². The standard InChI is InChI=1S/C11H14BrN.C2H4O2/c1-8-6-10(13-11(12)7-8)9-4-2-3-5-9;1-4-2-3/h6-7,9H,2-5H2,1H3;2H,1H3. The molecule has 1 aromatic heterocycles. The summed E-state index contributed by atoms with van der Waals surface area (Å²) >= 11 is 3.45. The molecule has 1 fully saturated rings. The van der Waals surface area contributed by atoms with Crippen LogP contribution in [-0.2, 0) is 9.53 Å². The number of pyridine rings is 1. The molecule has 0 amide bonds. The van der Waals surface area contributed by atoms with Crippen LogP contribution in [0.2, 0.25) is 0 Å². The van der Waals surface area contributed by atoms with Crippen LogP contribution < -0.4 is 0 Å². The SMILES string of the molecule is COC=O.Cc1cc(Br)nc(C2CCCC2)c1. The molecule has 0 atom stereocenters.